The maximum Gasteiger partial charge on any atom is 0.337 e. The summed E-state index contributed by atoms with van der Waals surface area (Å²) >= 11 is 0. The number of rotatable bonds is 4. The zero-order valence-electron chi connectivity index (χ0n) is 18.1. The molecule has 5 heteroatoms. The fourth-order valence-electron chi connectivity index (χ4n) is 4.59. The van der Waals surface area contributed by atoms with Crippen molar-refractivity contribution in [3.8, 4) is 5.75 Å². The molecule has 0 saturated carbocycles. The van der Waals surface area contributed by atoms with Gasteiger partial charge in [-0.25, -0.2) is 4.79 Å². The number of carbonyl (C=O) groups excluding carboxylic acids is 2. The molecule has 0 spiro atoms. The van der Waals surface area contributed by atoms with Gasteiger partial charge >= 0.3 is 5.97 Å². The van der Waals surface area contributed by atoms with Crippen molar-refractivity contribution in [1.82, 2.24) is 5.32 Å². The molecule has 0 amide bonds. The van der Waals surface area contributed by atoms with Gasteiger partial charge in [-0.15, -0.1) is 0 Å². The maximum atomic E-state index is 13.3. The van der Waals surface area contributed by atoms with Gasteiger partial charge < -0.3 is 15.2 Å². The summed E-state index contributed by atoms with van der Waals surface area (Å²) < 4.78 is 5.44. The highest BCUT2D eigenvalue weighted by Gasteiger charge is 2.44. The van der Waals surface area contributed by atoms with Crippen molar-refractivity contribution in [2.75, 3.05) is 6.61 Å². The Balaban J connectivity index is 2.00. The van der Waals surface area contributed by atoms with Crippen LogP contribution in [0.4, 0.5) is 0 Å². The van der Waals surface area contributed by atoms with Crippen molar-refractivity contribution in [3.63, 3.8) is 0 Å². The number of dihydropyridines is 1. The summed E-state index contributed by atoms with van der Waals surface area (Å²) in [5.41, 5.74) is 3.82. The number of Topliss-reactive ketones (excluding diaryl/α,β-unsaturated/α-hetero) is 1. The fraction of sp³-hybridized carbons (Fsp3) is 0.308. The van der Waals surface area contributed by atoms with Crippen LogP contribution in [-0.2, 0) is 14.3 Å². The van der Waals surface area contributed by atoms with Gasteiger partial charge in [0.05, 0.1) is 17.9 Å². The molecular formula is C26H27NO4. The molecule has 1 heterocycles. The molecule has 0 bridgehead atoms. The van der Waals surface area contributed by atoms with Crippen molar-refractivity contribution in [1.29, 1.82) is 0 Å². The number of benzene rings is 2. The number of esters is 1. The summed E-state index contributed by atoms with van der Waals surface area (Å²) in [6.07, 6.45) is 1.09. The first-order chi connectivity index (χ1) is 14.8. The summed E-state index contributed by atoms with van der Waals surface area (Å²) in [6, 6.07) is 16.4. The van der Waals surface area contributed by atoms with E-state index < -0.39 is 11.9 Å². The van der Waals surface area contributed by atoms with E-state index in [1.54, 1.807) is 25.1 Å². The zero-order chi connectivity index (χ0) is 22.2. The number of hydrogen-bond donors (Lipinski definition) is 2. The second-order valence-corrected chi connectivity index (χ2v) is 8.86. The molecule has 2 N–H and O–H groups in total. The Hall–Kier alpha value is -3.34. The normalized spacial score (nSPS) is 20.2. The van der Waals surface area contributed by atoms with Crippen molar-refractivity contribution < 1.29 is 19.4 Å². The van der Waals surface area contributed by atoms with E-state index >= 15 is 0 Å². The molecule has 160 valence electrons. The molecule has 1 atom stereocenters. The van der Waals surface area contributed by atoms with E-state index in [0.717, 1.165) is 11.3 Å². The van der Waals surface area contributed by atoms with Gasteiger partial charge in [0.25, 0.3) is 0 Å². The summed E-state index contributed by atoms with van der Waals surface area (Å²) in [6.45, 7) is 6.14. The van der Waals surface area contributed by atoms with Crippen LogP contribution in [0, 0.1) is 5.41 Å². The number of ether oxygens (including phenoxy) is 1. The van der Waals surface area contributed by atoms with Crippen molar-refractivity contribution in [2.24, 2.45) is 5.41 Å². The van der Waals surface area contributed by atoms with E-state index in [1.165, 1.54) is 0 Å². The van der Waals surface area contributed by atoms with Gasteiger partial charge in [-0.1, -0.05) is 56.3 Å². The molecule has 1 aliphatic heterocycles. The number of phenolic OH excluding ortho intramolecular Hbond substituents is 1. The fourth-order valence-corrected chi connectivity index (χ4v) is 4.59. The number of ketones is 1. The number of aromatic hydroxyl groups is 1. The van der Waals surface area contributed by atoms with Crippen LogP contribution in [-0.4, -0.2) is 23.5 Å². The van der Waals surface area contributed by atoms with Crippen molar-refractivity contribution in [3.05, 3.63) is 82.6 Å². The second kappa shape index (κ2) is 8.06. The highest BCUT2D eigenvalue weighted by atomic mass is 16.5. The average Bonchev–Trinajstić information content (AvgIpc) is 2.72. The number of hydrogen-bond acceptors (Lipinski definition) is 5. The molecule has 31 heavy (non-hydrogen) atoms. The lowest BCUT2D eigenvalue weighted by Gasteiger charge is -2.40. The van der Waals surface area contributed by atoms with Gasteiger partial charge in [-0.05, 0) is 42.0 Å². The lowest BCUT2D eigenvalue weighted by atomic mass is 9.68. The van der Waals surface area contributed by atoms with Gasteiger partial charge in [-0.3, -0.25) is 4.79 Å². The zero-order valence-corrected chi connectivity index (χ0v) is 18.1. The molecule has 4 rings (SSSR count). The molecule has 0 saturated heterocycles. The largest absolute Gasteiger partial charge is 0.508 e. The van der Waals surface area contributed by atoms with Crippen LogP contribution >= 0.6 is 0 Å². The van der Waals surface area contributed by atoms with E-state index in [-0.39, 0.29) is 23.6 Å². The van der Waals surface area contributed by atoms with Crippen LogP contribution in [0.5, 0.6) is 5.75 Å². The highest BCUT2D eigenvalue weighted by molar-refractivity contribution is 6.08. The average molecular weight is 418 g/mol. The maximum absolute atomic E-state index is 13.3. The number of allylic oxidation sites excluding steroid dienone is 2. The predicted octanol–water partition coefficient (Wildman–Crippen LogP) is 4.70. The highest BCUT2D eigenvalue weighted by Crippen LogP contribution is 2.48. The van der Waals surface area contributed by atoms with E-state index in [0.29, 0.717) is 35.2 Å². The molecule has 0 fully saturated rings. The van der Waals surface area contributed by atoms with Crippen LogP contribution in [0.15, 0.2) is 71.4 Å². The van der Waals surface area contributed by atoms with Crippen molar-refractivity contribution in [2.45, 2.75) is 39.5 Å². The van der Waals surface area contributed by atoms with Crippen LogP contribution in [0.1, 0.15) is 50.7 Å². The SMILES string of the molecule is CCOC(=O)C1=C(c2ccccc2)NC2=C(C(=O)CC(C)(C)C2)C1c1cccc(O)c1. The summed E-state index contributed by atoms with van der Waals surface area (Å²) in [7, 11) is 0. The molecule has 1 aliphatic carbocycles. The molecule has 5 nitrogen and oxygen atoms in total. The first-order valence-corrected chi connectivity index (χ1v) is 10.6. The molecule has 2 aromatic carbocycles. The minimum atomic E-state index is -0.610. The smallest absolute Gasteiger partial charge is 0.337 e. The van der Waals surface area contributed by atoms with Crippen LogP contribution in [0.2, 0.25) is 0 Å². The Kier molecular flexibility index (Phi) is 5.44. The van der Waals surface area contributed by atoms with Crippen LogP contribution in [0.3, 0.4) is 0 Å². The molecule has 1 unspecified atom stereocenters. The standard InChI is InChI=1S/C26H27NO4/c1-4-31-25(30)23-21(17-11-8-12-18(28)13-17)22-19(14-26(2,3)15-20(22)29)27-24(23)16-9-6-5-7-10-16/h5-13,21,27-28H,4,14-15H2,1-3H3. The van der Waals surface area contributed by atoms with Crippen LogP contribution < -0.4 is 5.32 Å². The Morgan fingerprint density at radius 3 is 2.55 bits per heavy atom. The number of nitrogens with one attached hydrogen (secondary N) is 1. The third kappa shape index (κ3) is 4.00. The van der Waals surface area contributed by atoms with E-state index in [1.807, 2.05) is 36.4 Å². The monoisotopic (exact) mass is 417 g/mol. The minimum absolute atomic E-state index is 0.0148. The summed E-state index contributed by atoms with van der Waals surface area (Å²) in [5, 5.41) is 13.6. The molecule has 0 aromatic heterocycles. The predicted molar refractivity (Wildman–Crippen MR) is 119 cm³/mol. The minimum Gasteiger partial charge on any atom is -0.508 e. The summed E-state index contributed by atoms with van der Waals surface area (Å²) in [4.78, 5) is 26.6. The number of phenols is 1. The number of carbonyl (C=O) groups is 2. The Morgan fingerprint density at radius 2 is 1.87 bits per heavy atom. The van der Waals surface area contributed by atoms with Crippen molar-refractivity contribution >= 4 is 17.4 Å². The lowest BCUT2D eigenvalue weighted by Crippen LogP contribution is -2.38. The van der Waals surface area contributed by atoms with Crippen LogP contribution in [0.25, 0.3) is 5.70 Å². The topological polar surface area (TPSA) is 75.6 Å². The van der Waals surface area contributed by atoms with E-state index in [2.05, 4.69) is 19.2 Å². The Bertz CT molecular complexity index is 1100. The lowest BCUT2D eigenvalue weighted by molar-refractivity contribution is -0.138. The van der Waals surface area contributed by atoms with E-state index in [9.17, 15) is 14.7 Å². The molecule has 2 aromatic rings. The van der Waals surface area contributed by atoms with Gasteiger partial charge in [0, 0.05) is 23.6 Å². The third-order valence-corrected chi connectivity index (χ3v) is 5.80. The Morgan fingerprint density at radius 1 is 1.13 bits per heavy atom. The van der Waals surface area contributed by atoms with Gasteiger partial charge in [-0.2, -0.15) is 0 Å². The summed E-state index contributed by atoms with van der Waals surface area (Å²) in [5.74, 6) is -0.972. The van der Waals surface area contributed by atoms with Gasteiger partial charge in [0.2, 0.25) is 0 Å². The third-order valence-electron chi connectivity index (χ3n) is 5.80. The molecular weight excluding hydrogens is 390 g/mol. The van der Waals surface area contributed by atoms with Gasteiger partial charge in [0.15, 0.2) is 5.78 Å². The first-order valence-electron chi connectivity index (χ1n) is 10.6. The first kappa shape index (κ1) is 20.9. The second-order valence-electron chi connectivity index (χ2n) is 8.86. The molecule has 0 radical (unpaired) electrons. The Labute approximate surface area is 182 Å². The quantitative estimate of drug-likeness (QED) is 0.706. The van der Waals surface area contributed by atoms with Gasteiger partial charge in [0.1, 0.15) is 5.75 Å². The molecule has 2 aliphatic rings. The van der Waals surface area contributed by atoms with E-state index in [4.69, 9.17) is 4.74 Å².